The number of aryl methyl sites for hydroxylation is 1. The quantitative estimate of drug-likeness (QED) is 0.706. The average molecular weight is 187 g/mol. The van der Waals surface area contributed by atoms with Crippen LogP contribution in [0.15, 0.2) is 18.2 Å². The van der Waals surface area contributed by atoms with Gasteiger partial charge >= 0.3 is 0 Å². The molecule has 0 heterocycles. The van der Waals surface area contributed by atoms with E-state index in [1.165, 1.54) is 18.4 Å². The lowest BCUT2D eigenvalue weighted by Gasteiger charge is -2.13. The molecule has 0 N–H and O–H groups in total. The van der Waals surface area contributed by atoms with Crippen molar-refractivity contribution in [3.63, 3.8) is 0 Å². The van der Waals surface area contributed by atoms with E-state index in [2.05, 4.69) is 32.0 Å². The van der Waals surface area contributed by atoms with E-state index in [0.717, 1.165) is 11.1 Å². The fraction of sp³-hybridized carbons (Fsp3) is 0.462. The van der Waals surface area contributed by atoms with Gasteiger partial charge in [-0.2, -0.15) is 5.26 Å². The van der Waals surface area contributed by atoms with E-state index in [1.807, 2.05) is 13.0 Å². The van der Waals surface area contributed by atoms with E-state index in [1.54, 1.807) is 0 Å². The number of rotatable bonds is 3. The second kappa shape index (κ2) is 4.81. The molecule has 0 saturated heterocycles. The van der Waals surface area contributed by atoms with Crippen molar-refractivity contribution < 1.29 is 0 Å². The third kappa shape index (κ3) is 2.14. The van der Waals surface area contributed by atoms with Crippen LogP contribution in [-0.2, 0) is 0 Å². The fourth-order valence-electron chi connectivity index (χ4n) is 1.83. The summed E-state index contributed by atoms with van der Waals surface area (Å²) in [4.78, 5) is 0. The largest absolute Gasteiger partial charge is 0.192 e. The highest BCUT2D eigenvalue weighted by molar-refractivity contribution is 5.40. The number of benzene rings is 1. The minimum Gasteiger partial charge on any atom is -0.192 e. The van der Waals surface area contributed by atoms with Gasteiger partial charge in [0.1, 0.15) is 0 Å². The van der Waals surface area contributed by atoms with Gasteiger partial charge in [0.25, 0.3) is 0 Å². The van der Waals surface area contributed by atoms with Crippen LogP contribution in [0.25, 0.3) is 0 Å². The lowest BCUT2D eigenvalue weighted by atomic mass is 9.92. The predicted molar refractivity (Wildman–Crippen MR) is 59.2 cm³/mol. The summed E-state index contributed by atoms with van der Waals surface area (Å²) in [6.45, 7) is 6.42. The maximum Gasteiger partial charge on any atom is 0.0994 e. The fourth-order valence-corrected chi connectivity index (χ4v) is 1.83. The third-order valence-electron chi connectivity index (χ3n) is 2.83. The Hall–Kier alpha value is -1.29. The highest BCUT2D eigenvalue weighted by atomic mass is 14.2. The van der Waals surface area contributed by atoms with Gasteiger partial charge < -0.3 is 0 Å². The summed E-state index contributed by atoms with van der Waals surface area (Å²) in [5, 5.41) is 8.81. The molecule has 0 amide bonds. The summed E-state index contributed by atoms with van der Waals surface area (Å²) in [6, 6.07) is 8.37. The summed E-state index contributed by atoms with van der Waals surface area (Å²) < 4.78 is 0. The zero-order valence-electron chi connectivity index (χ0n) is 9.17. The summed E-state index contributed by atoms with van der Waals surface area (Å²) >= 11 is 0. The second-order valence-electron chi connectivity index (χ2n) is 3.70. The number of nitriles is 1. The molecule has 0 aliphatic rings. The van der Waals surface area contributed by atoms with Gasteiger partial charge in [-0.15, -0.1) is 0 Å². The normalized spacial score (nSPS) is 10.2. The second-order valence-corrected chi connectivity index (χ2v) is 3.70. The molecule has 1 rings (SSSR count). The molecule has 0 spiro atoms. The number of hydrogen-bond acceptors (Lipinski definition) is 1. The molecule has 1 heteroatoms. The Kier molecular flexibility index (Phi) is 3.71. The Balaban J connectivity index is 3.02. The lowest BCUT2D eigenvalue weighted by molar-refractivity contribution is 0.641. The highest BCUT2D eigenvalue weighted by Gasteiger charge is 2.07. The molecule has 0 aromatic heterocycles. The maximum absolute atomic E-state index is 8.81. The molecule has 1 aromatic carbocycles. The molecular formula is C13H17N. The van der Waals surface area contributed by atoms with Crippen LogP contribution in [0.4, 0.5) is 0 Å². The minimum absolute atomic E-state index is 0.640. The van der Waals surface area contributed by atoms with E-state index in [4.69, 9.17) is 5.26 Å². The first-order chi connectivity index (χ1) is 6.72. The summed E-state index contributed by atoms with van der Waals surface area (Å²) in [5.74, 6) is 0.640. The van der Waals surface area contributed by atoms with Gasteiger partial charge in [0.15, 0.2) is 0 Å². The molecule has 74 valence electrons. The van der Waals surface area contributed by atoms with Crippen LogP contribution in [0.2, 0.25) is 0 Å². The van der Waals surface area contributed by atoms with E-state index in [9.17, 15) is 0 Å². The maximum atomic E-state index is 8.81. The van der Waals surface area contributed by atoms with Crippen LogP contribution in [0.1, 0.15) is 49.3 Å². The van der Waals surface area contributed by atoms with Crippen molar-refractivity contribution in [1.82, 2.24) is 0 Å². The first kappa shape index (κ1) is 10.8. The lowest BCUT2D eigenvalue weighted by Crippen LogP contribution is -1.96. The molecule has 14 heavy (non-hydrogen) atoms. The van der Waals surface area contributed by atoms with E-state index in [-0.39, 0.29) is 0 Å². The van der Waals surface area contributed by atoms with Crippen LogP contribution >= 0.6 is 0 Å². The molecule has 0 aliphatic heterocycles. The Morgan fingerprint density at radius 2 is 1.93 bits per heavy atom. The molecule has 0 atom stereocenters. The zero-order valence-corrected chi connectivity index (χ0v) is 9.17. The van der Waals surface area contributed by atoms with Gasteiger partial charge in [-0.1, -0.05) is 26.0 Å². The molecule has 0 fully saturated rings. The summed E-state index contributed by atoms with van der Waals surface area (Å²) in [5.41, 5.74) is 3.25. The van der Waals surface area contributed by atoms with Gasteiger partial charge in [0, 0.05) is 0 Å². The molecule has 0 aliphatic carbocycles. The standard InChI is InChI=1S/C13H17N/c1-4-11(5-2)12-6-7-13(9-14)10(3)8-12/h6-8,11H,4-5H2,1-3H3. The van der Waals surface area contributed by atoms with Crippen molar-refractivity contribution in [3.05, 3.63) is 34.9 Å². The number of hydrogen-bond donors (Lipinski definition) is 0. The van der Waals surface area contributed by atoms with Crippen molar-refractivity contribution in [1.29, 1.82) is 5.26 Å². The third-order valence-corrected chi connectivity index (χ3v) is 2.83. The number of nitrogens with zero attached hydrogens (tertiary/aromatic N) is 1. The van der Waals surface area contributed by atoms with Gasteiger partial charge in [0.05, 0.1) is 11.6 Å². The van der Waals surface area contributed by atoms with Gasteiger partial charge in [0.2, 0.25) is 0 Å². The predicted octanol–water partition coefficient (Wildman–Crippen LogP) is 3.77. The SMILES string of the molecule is CCC(CC)c1ccc(C#N)c(C)c1. The molecular weight excluding hydrogens is 170 g/mol. The Morgan fingerprint density at radius 1 is 1.29 bits per heavy atom. The van der Waals surface area contributed by atoms with Crippen LogP contribution in [0.3, 0.4) is 0 Å². The smallest absolute Gasteiger partial charge is 0.0994 e. The zero-order chi connectivity index (χ0) is 10.6. The van der Waals surface area contributed by atoms with Gasteiger partial charge in [-0.25, -0.2) is 0 Å². The molecule has 1 nitrogen and oxygen atoms in total. The molecule has 0 bridgehead atoms. The van der Waals surface area contributed by atoms with Crippen molar-refractivity contribution in [2.75, 3.05) is 0 Å². The first-order valence-electron chi connectivity index (χ1n) is 5.23. The van der Waals surface area contributed by atoms with Crippen LogP contribution < -0.4 is 0 Å². The van der Waals surface area contributed by atoms with Crippen LogP contribution in [0, 0.1) is 18.3 Å². The summed E-state index contributed by atoms with van der Waals surface area (Å²) in [7, 11) is 0. The van der Waals surface area contributed by atoms with Gasteiger partial charge in [-0.05, 0) is 42.9 Å². The van der Waals surface area contributed by atoms with E-state index < -0.39 is 0 Å². The minimum atomic E-state index is 0.640. The molecule has 0 saturated carbocycles. The highest BCUT2D eigenvalue weighted by Crippen LogP contribution is 2.24. The molecule has 0 unspecified atom stereocenters. The Morgan fingerprint density at radius 3 is 2.36 bits per heavy atom. The van der Waals surface area contributed by atoms with E-state index in [0.29, 0.717) is 5.92 Å². The Labute approximate surface area is 86.4 Å². The van der Waals surface area contributed by atoms with E-state index >= 15 is 0 Å². The van der Waals surface area contributed by atoms with Crippen molar-refractivity contribution in [2.45, 2.75) is 39.5 Å². The molecule has 1 aromatic rings. The summed E-state index contributed by atoms with van der Waals surface area (Å²) in [6.07, 6.45) is 2.34. The topological polar surface area (TPSA) is 23.8 Å². The van der Waals surface area contributed by atoms with Crippen LogP contribution in [-0.4, -0.2) is 0 Å². The monoisotopic (exact) mass is 187 g/mol. The van der Waals surface area contributed by atoms with Crippen molar-refractivity contribution >= 4 is 0 Å². The molecule has 0 radical (unpaired) electrons. The van der Waals surface area contributed by atoms with Gasteiger partial charge in [-0.3, -0.25) is 0 Å². The average Bonchev–Trinajstić information content (AvgIpc) is 2.20. The Bertz CT molecular complexity index is 343. The first-order valence-corrected chi connectivity index (χ1v) is 5.23. The van der Waals surface area contributed by atoms with Crippen LogP contribution in [0.5, 0.6) is 0 Å². The van der Waals surface area contributed by atoms with Crippen molar-refractivity contribution in [3.8, 4) is 6.07 Å². The van der Waals surface area contributed by atoms with Crippen molar-refractivity contribution in [2.24, 2.45) is 0 Å².